The lowest BCUT2D eigenvalue weighted by molar-refractivity contribution is 0.326. The number of aryl methyl sites for hydroxylation is 1. The third-order valence-corrected chi connectivity index (χ3v) is 2.19. The van der Waals surface area contributed by atoms with E-state index in [2.05, 4.69) is 4.98 Å². The van der Waals surface area contributed by atoms with Gasteiger partial charge in [-0.15, -0.1) is 0 Å². The van der Waals surface area contributed by atoms with E-state index in [1.54, 1.807) is 6.07 Å². The van der Waals surface area contributed by atoms with Crippen molar-refractivity contribution in [3.8, 4) is 11.8 Å². The topological polar surface area (TPSA) is 59.0 Å². The van der Waals surface area contributed by atoms with E-state index in [0.717, 1.165) is 23.4 Å². The maximum atomic E-state index is 8.39. The maximum Gasteiger partial charge on any atom is 0.195 e. The predicted molar refractivity (Wildman–Crippen MR) is 59.1 cm³/mol. The molecule has 4 nitrogen and oxygen atoms in total. The van der Waals surface area contributed by atoms with Crippen LogP contribution in [-0.2, 0) is 6.42 Å². The Morgan fingerprint density at radius 3 is 3.12 bits per heavy atom. The number of aromatic nitrogens is 1. The summed E-state index contributed by atoms with van der Waals surface area (Å²) in [4.78, 5) is 4.29. The largest absolute Gasteiger partial charge is 0.492 e. The summed E-state index contributed by atoms with van der Waals surface area (Å²) >= 11 is 0. The minimum atomic E-state index is 0.384. The maximum absolute atomic E-state index is 8.39. The second kappa shape index (κ2) is 4.67. The first kappa shape index (κ1) is 10.5. The van der Waals surface area contributed by atoms with E-state index in [1.165, 1.54) is 0 Å². The molecule has 0 radical (unpaired) electrons. The van der Waals surface area contributed by atoms with Crippen LogP contribution in [0.25, 0.3) is 11.1 Å². The van der Waals surface area contributed by atoms with Gasteiger partial charge < -0.3 is 9.15 Å². The molecule has 2 rings (SSSR count). The summed E-state index contributed by atoms with van der Waals surface area (Å²) in [5, 5.41) is 8.39. The number of hydrogen-bond acceptors (Lipinski definition) is 4. The van der Waals surface area contributed by atoms with Crippen molar-refractivity contribution in [1.29, 1.82) is 5.26 Å². The quantitative estimate of drug-likeness (QED) is 0.737. The Bertz CT molecular complexity index is 525. The first-order valence-corrected chi connectivity index (χ1v) is 5.22. The zero-order valence-corrected chi connectivity index (χ0v) is 9.06. The molecule has 0 saturated carbocycles. The van der Waals surface area contributed by atoms with E-state index < -0.39 is 0 Å². The minimum absolute atomic E-state index is 0.384. The summed E-state index contributed by atoms with van der Waals surface area (Å²) in [6.07, 6.45) is 1.16. The Balaban J connectivity index is 2.19. The summed E-state index contributed by atoms with van der Waals surface area (Å²) in [5.41, 5.74) is 1.57. The van der Waals surface area contributed by atoms with Crippen LogP contribution in [0.5, 0.6) is 5.75 Å². The molecule has 0 aliphatic carbocycles. The third kappa shape index (κ3) is 2.14. The highest BCUT2D eigenvalue weighted by atomic mass is 16.5. The van der Waals surface area contributed by atoms with E-state index in [1.807, 2.05) is 25.1 Å². The fourth-order valence-electron chi connectivity index (χ4n) is 1.41. The molecular formula is C12H12N2O2. The number of oxazole rings is 1. The first-order chi connectivity index (χ1) is 7.83. The van der Waals surface area contributed by atoms with Crippen LogP contribution in [0.4, 0.5) is 0 Å². The van der Waals surface area contributed by atoms with Gasteiger partial charge in [0.05, 0.1) is 12.5 Å². The van der Waals surface area contributed by atoms with E-state index in [0.29, 0.717) is 18.8 Å². The van der Waals surface area contributed by atoms with Gasteiger partial charge in [-0.05, 0) is 12.1 Å². The number of nitrogens with zero attached hydrogens (tertiary/aromatic N) is 2. The van der Waals surface area contributed by atoms with Crippen LogP contribution in [0.1, 0.15) is 19.2 Å². The zero-order chi connectivity index (χ0) is 11.4. The molecule has 0 fully saturated rings. The van der Waals surface area contributed by atoms with Gasteiger partial charge >= 0.3 is 0 Å². The molecule has 0 saturated heterocycles. The van der Waals surface area contributed by atoms with Gasteiger partial charge in [-0.1, -0.05) is 6.92 Å². The average Bonchev–Trinajstić information content (AvgIpc) is 2.71. The van der Waals surface area contributed by atoms with Crippen molar-refractivity contribution in [1.82, 2.24) is 4.98 Å². The van der Waals surface area contributed by atoms with Crippen LogP contribution in [0.3, 0.4) is 0 Å². The van der Waals surface area contributed by atoms with E-state index in [4.69, 9.17) is 14.4 Å². The van der Waals surface area contributed by atoms with E-state index in [9.17, 15) is 0 Å². The van der Waals surface area contributed by atoms with Gasteiger partial charge in [0.25, 0.3) is 0 Å². The lowest BCUT2D eigenvalue weighted by atomic mass is 10.3. The van der Waals surface area contributed by atoms with Crippen molar-refractivity contribution < 1.29 is 9.15 Å². The zero-order valence-electron chi connectivity index (χ0n) is 9.06. The molecule has 0 aliphatic rings. The number of benzene rings is 1. The Kier molecular flexibility index (Phi) is 3.06. The smallest absolute Gasteiger partial charge is 0.195 e. The highest BCUT2D eigenvalue weighted by Crippen LogP contribution is 2.21. The number of fused-ring (bicyclic) bond motifs is 1. The summed E-state index contributed by atoms with van der Waals surface area (Å²) in [6.45, 7) is 2.39. The molecule has 1 aromatic carbocycles. The summed E-state index contributed by atoms with van der Waals surface area (Å²) in [7, 11) is 0. The molecule has 0 N–H and O–H groups in total. The SMILES string of the molecule is CCc1nc2ccc(OCCC#N)cc2o1. The summed E-state index contributed by atoms with van der Waals surface area (Å²) in [6, 6.07) is 7.53. The van der Waals surface area contributed by atoms with Crippen LogP contribution in [-0.4, -0.2) is 11.6 Å². The first-order valence-electron chi connectivity index (χ1n) is 5.22. The van der Waals surface area contributed by atoms with E-state index >= 15 is 0 Å². The summed E-state index contributed by atoms with van der Waals surface area (Å²) < 4.78 is 10.9. The van der Waals surface area contributed by atoms with Gasteiger partial charge in [0, 0.05) is 12.5 Å². The Hall–Kier alpha value is -2.02. The van der Waals surface area contributed by atoms with Gasteiger partial charge in [-0.25, -0.2) is 4.98 Å². The van der Waals surface area contributed by atoms with Crippen molar-refractivity contribution in [2.24, 2.45) is 0 Å². The van der Waals surface area contributed by atoms with Crippen LogP contribution in [0.2, 0.25) is 0 Å². The van der Waals surface area contributed by atoms with Gasteiger partial charge in [-0.3, -0.25) is 0 Å². The Labute approximate surface area is 93.5 Å². The molecule has 1 heterocycles. The Morgan fingerprint density at radius 1 is 1.50 bits per heavy atom. The van der Waals surface area contributed by atoms with Crippen LogP contribution >= 0.6 is 0 Å². The molecule has 1 aromatic heterocycles. The van der Waals surface area contributed by atoms with Crippen molar-refractivity contribution in [3.05, 3.63) is 24.1 Å². The summed E-state index contributed by atoms with van der Waals surface area (Å²) in [5.74, 6) is 1.44. The Morgan fingerprint density at radius 2 is 2.38 bits per heavy atom. The number of rotatable bonds is 4. The molecule has 82 valence electrons. The third-order valence-electron chi connectivity index (χ3n) is 2.19. The number of ether oxygens (including phenoxy) is 1. The predicted octanol–water partition coefficient (Wildman–Crippen LogP) is 2.68. The van der Waals surface area contributed by atoms with Gasteiger partial charge in [0.1, 0.15) is 17.9 Å². The van der Waals surface area contributed by atoms with Crippen LogP contribution < -0.4 is 4.74 Å². The molecular weight excluding hydrogens is 204 g/mol. The lowest BCUT2D eigenvalue weighted by Crippen LogP contribution is -1.94. The highest BCUT2D eigenvalue weighted by molar-refractivity contribution is 5.74. The molecule has 0 amide bonds. The molecule has 4 heteroatoms. The van der Waals surface area contributed by atoms with Crippen molar-refractivity contribution in [2.45, 2.75) is 19.8 Å². The fourth-order valence-corrected chi connectivity index (χ4v) is 1.41. The molecule has 2 aromatic rings. The molecule has 0 bridgehead atoms. The fraction of sp³-hybridized carbons (Fsp3) is 0.333. The second-order valence-corrected chi connectivity index (χ2v) is 3.35. The monoisotopic (exact) mass is 216 g/mol. The van der Waals surface area contributed by atoms with Gasteiger partial charge in [-0.2, -0.15) is 5.26 Å². The minimum Gasteiger partial charge on any atom is -0.492 e. The highest BCUT2D eigenvalue weighted by Gasteiger charge is 2.05. The van der Waals surface area contributed by atoms with Crippen molar-refractivity contribution >= 4 is 11.1 Å². The molecule has 0 aliphatic heterocycles. The van der Waals surface area contributed by atoms with Crippen molar-refractivity contribution in [3.63, 3.8) is 0 Å². The standard InChI is InChI=1S/C12H12N2O2/c1-2-12-14-10-5-4-9(8-11(10)16-12)15-7-3-6-13/h4-5,8H,2-3,7H2,1H3. The molecule has 0 spiro atoms. The van der Waals surface area contributed by atoms with Crippen LogP contribution in [0, 0.1) is 11.3 Å². The number of hydrogen-bond donors (Lipinski definition) is 0. The van der Waals surface area contributed by atoms with Crippen molar-refractivity contribution in [2.75, 3.05) is 6.61 Å². The molecule has 16 heavy (non-hydrogen) atoms. The van der Waals surface area contributed by atoms with Crippen LogP contribution in [0.15, 0.2) is 22.6 Å². The average molecular weight is 216 g/mol. The normalized spacial score (nSPS) is 10.2. The lowest BCUT2D eigenvalue weighted by Gasteiger charge is -2.01. The molecule has 0 unspecified atom stereocenters. The van der Waals surface area contributed by atoms with E-state index in [-0.39, 0.29) is 0 Å². The van der Waals surface area contributed by atoms with Gasteiger partial charge in [0.15, 0.2) is 11.5 Å². The molecule has 0 atom stereocenters. The second-order valence-electron chi connectivity index (χ2n) is 3.35. The number of nitriles is 1. The van der Waals surface area contributed by atoms with Gasteiger partial charge in [0.2, 0.25) is 0 Å².